The summed E-state index contributed by atoms with van der Waals surface area (Å²) in [6.45, 7) is -2.96. The molecule has 2 N–H and O–H groups in total. The van der Waals surface area contributed by atoms with Gasteiger partial charge in [0.1, 0.15) is 5.75 Å². The molecule has 0 fully saturated rings. The molecule has 1 amide bonds. The molecule has 0 spiro atoms. The molecular weight excluding hydrogens is 398 g/mol. The first kappa shape index (κ1) is 20.9. The first-order chi connectivity index (χ1) is 14.4. The number of amides is 1. The number of nitrogens with one attached hydrogen (secondary N) is 1. The third kappa shape index (κ3) is 5.84. The van der Waals surface area contributed by atoms with Gasteiger partial charge >= 0.3 is 12.6 Å². The molecule has 0 saturated heterocycles. The number of carbonyl (C=O) groups is 2. The van der Waals surface area contributed by atoms with E-state index in [4.69, 9.17) is 5.11 Å². The number of carboxylic acid groups (broad SMARTS) is 1. The van der Waals surface area contributed by atoms with Crippen LogP contribution in [0.1, 0.15) is 23.7 Å². The van der Waals surface area contributed by atoms with Crippen molar-refractivity contribution in [2.75, 3.05) is 0 Å². The minimum absolute atomic E-state index is 0.0633. The summed E-state index contributed by atoms with van der Waals surface area (Å²) < 4.78 is 28.8. The van der Waals surface area contributed by atoms with E-state index >= 15 is 0 Å². The van der Waals surface area contributed by atoms with Crippen molar-refractivity contribution >= 4 is 11.9 Å². The number of aromatic nitrogens is 3. The smallest absolute Gasteiger partial charge is 0.387 e. The van der Waals surface area contributed by atoms with Crippen LogP contribution in [-0.4, -0.2) is 38.6 Å². The van der Waals surface area contributed by atoms with Crippen LogP contribution in [0.15, 0.2) is 60.8 Å². The molecular formula is C20H18F2N4O4. The molecule has 1 aromatic heterocycles. The number of hydrogen-bond acceptors (Lipinski definition) is 5. The Morgan fingerprint density at radius 1 is 1.10 bits per heavy atom. The van der Waals surface area contributed by atoms with E-state index < -0.39 is 24.5 Å². The average molecular weight is 416 g/mol. The molecule has 3 aromatic rings. The van der Waals surface area contributed by atoms with Crippen molar-refractivity contribution in [1.29, 1.82) is 0 Å². The van der Waals surface area contributed by atoms with Crippen molar-refractivity contribution in [2.45, 2.75) is 25.5 Å². The lowest BCUT2D eigenvalue weighted by Crippen LogP contribution is -2.31. The summed E-state index contributed by atoms with van der Waals surface area (Å²) in [5.41, 5.74) is 1.59. The second kappa shape index (κ2) is 9.59. The number of para-hydroxylation sites is 1. The standard InChI is InChI=1S/C20H18F2N4O4/c21-20(22)30-16-8-6-13(7-9-16)17(11-19(28)29)24-18(27)10-14-12-23-26(25-14)15-4-2-1-3-5-15/h1-9,12,17,20H,10-11H2,(H,24,27)(H,28,29)/t17-/m0/s1. The molecule has 3 rings (SSSR count). The van der Waals surface area contributed by atoms with Gasteiger partial charge in [0.25, 0.3) is 0 Å². The molecule has 0 unspecified atom stereocenters. The first-order valence-electron chi connectivity index (χ1n) is 8.93. The lowest BCUT2D eigenvalue weighted by Gasteiger charge is -2.17. The van der Waals surface area contributed by atoms with Crippen LogP contribution in [0.25, 0.3) is 5.69 Å². The van der Waals surface area contributed by atoms with Gasteiger partial charge in [-0.1, -0.05) is 30.3 Å². The van der Waals surface area contributed by atoms with Gasteiger partial charge in [-0.3, -0.25) is 9.59 Å². The molecule has 10 heteroatoms. The maximum atomic E-state index is 12.4. The normalized spacial score (nSPS) is 11.8. The Morgan fingerprint density at radius 2 is 1.80 bits per heavy atom. The van der Waals surface area contributed by atoms with Crippen molar-refractivity contribution in [1.82, 2.24) is 20.3 Å². The van der Waals surface area contributed by atoms with Crippen LogP contribution in [0.2, 0.25) is 0 Å². The Hall–Kier alpha value is -3.82. The highest BCUT2D eigenvalue weighted by Crippen LogP contribution is 2.22. The number of ether oxygens (including phenoxy) is 1. The first-order valence-corrected chi connectivity index (χ1v) is 8.93. The Labute approximate surface area is 170 Å². The van der Waals surface area contributed by atoms with E-state index in [1.165, 1.54) is 35.3 Å². The summed E-state index contributed by atoms with van der Waals surface area (Å²) >= 11 is 0. The van der Waals surface area contributed by atoms with Crippen LogP contribution < -0.4 is 10.1 Å². The van der Waals surface area contributed by atoms with Crippen LogP contribution >= 0.6 is 0 Å². The molecule has 0 radical (unpaired) electrons. The van der Waals surface area contributed by atoms with Gasteiger partial charge in [0.2, 0.25) is 5.91 Å². The summed E-state index contributed by atoms with van der Waals surface area (Å²) in [6, 6.07) is 13.7. The van der Waals surface area contributed by atoms with Crippen LogP contribution in [-0.2, 0) is 16.0 Å². The minimum Gasteiger partial charge on any atom is -0.481 e. The number of rotatable bonds is 9. The number of carboxylic acids is 1. The quantitative estimate of drug-likeness (QED) is 0.556. The van der Waals surface area contributed by atoms with Crippen LogP contribution in [0, 0.1) is 0 Å². The predicted octanol–water partition coefficient (Wildman–Crippen LogP) is 2.74. The zero-order chi connectivity index (χ0) is 21.5. The monoisotopic (exact) mass is 416 g/mol. The minimum atomic E-state index is -2.96. The van der Waals surface area contributed by atoms with Crippen molar-refractivity contribution in [3.05, 3.63) is 72.1 Å². The second-order valence-electron chi connectivity index (χ2n) is 6.30. The maximum absolute atomic E-state index is 12.4. The molecule has 30 heavy (non-hydrogen) atoms. The van der Waals surface area contributed by atoms with Crippen molar-refractivity contribution in [3.8, 4) is 11.4 Å². The van der Waals surface area contributed by atoms with Gasteiger partial charge in [-0.2, -0.15) is 23.8 Å². The van der Waals surface area contributed by atoms with Crippen LogP contribution in [0.4, 0.5) is 8.78 Å². The Morgan fingerprint density at radius 3 is 2.43 bits per heavy atom. The van der Waals surface area contributed by atoms with E-state index in [-0.39, 0.29) is 18.6 Å². The lowest BCUT2D eigenvalue weighted by molar-refractivity contribution is -0.137. The molecule has 0 saturated carbocycles. The number of carbonyl (C=O) groups excluding carboxylic acids is 1. The number of halogens is 2. The molecule has 1 atom stereocenters. The molecule has 1 heterocycles. The molecule has 0 bridgehead atoms. The zero-order valence-corrected chi connectivity index (χ0v) is 15.6. The van der Waals surface area contributed by atoms with Gasteiger partial charge in [-0.15, -0.1) is 0 Å². The average Bonchev–Trinajstić information content (AvgIpc) is 3.16. The number of hydrogen-bond donors (Lipinski definition) is 2. The largest absolute Gasteiger partial charge is 0.481 e. The van der Waals surface area contributed by atoms with Gasteiger partial charge in [0, 0.05) is 0 Å². The summed E-state index contributed by atoms with van der Waals surface area (Å²) in [5, 5.41) is 20.1. The third-order valence-electron chi connectivity index (χ3n) is 4.09. The van der Waals surface area contributed by atoms with E-state index in [1.807, 2.05) is 30.3 Å². The number of nitrogens with zero attached hydrogens (tertiary/aromatic N) is 3. The summed E-state index contributed by atoms with van der Waals surface area (Å²) in [5.74, 6) is -1.64. The molecule has 0 aliphatic heterocycles. The SMILES string of the molecule is O=C(O)C[C@H](NC(=O)Cc1cnn(-c2ccccc2)n1)c1ccc(OC(F)F)cc1. The highest BCUT2D eigenvalue weighted by Gasteiger charge is 2.19. The van der Waals surface area contributed by atoms with E-state index in [1.54, 1.807) is 0 Å². The zero-order valence-electron chi connectivity index (χ0n) is 15.6. The van der Waals surface area contributed by atoms with Crippen molar-refractivity contribution in [3.63, 3.8) is 0 Å². The van der Waals surface area contributed by atoms with Gasteiger partial charge in [-0.25, -0.2) is 0 Å². The van der Waals surface area contributed by atoms with Gasteiger partial charge in [0.15, 0.2) is 0 Å². The van der Waals surface area contributed by atoms with Gasteiger partial charge in [-0.05, 0) is 29.8 Å². The maximum Gasteiger partial charge on any atom is 0.387 e. The van der Waals surface area contributed by atoms with Crippen LogP contribution in [0.5, 0.6) is 5.75 Å². The number of alkyl halides is 2. The highest BCUT2D eigenvalue weighted by atomic mass is 19.3. The summed E-state index contributed by atoms with van der Waals surface area (Å²) in [7, 11) is 0. The fourth-order valence-corrected chi connectivity index (χ4v) is 2.78. The van der Waals surface area contributed by atoms with Gasteiger partial charge in [0.05, 0.1) is 36.5 Å². The molecule has 2 aromatic carbocycles. The topological polar surface area (TPSA) is 106 Å². The summed E-state index contributed by atoms with van der Waals surface area (Å²) in [4.78, 5) is 25.0. The lowest BCUT2D eigenvalue weighted by atomic mass is 10.0. The predicted molar refractivity (Wildman–Crippen MR) is 101 cm³/mol. The fraction of sp³-hybridized carbons (Fsp3) is 0.200. The van der Waals surface area contributed by atoms with E-state index in [0.717, 1.165) is 5.69 Å². The fourth-order valence-electron chi connectivity index (χ4n) is 2.78. The number of aliphatic carboxylic acids is 1. The van der Waals surface area contributed by atoms with Crippen molar-refractivity contribution < 1.29 is 28.2 Å². The second-order valence-corrected chi connectivity index (χ2v) is 6.30. The Bertz CT molecular complexity index is 994. The van der Waals surface area contributed by atoms with Crippen LogP contribution in [0.3, 0.4) is 0 Å². The third-order valence-corrected chi connectivity index (χ3v) is 4.09. The molecule has 0 aliphatic rings. The Balaban J connectivity index is 1.67. The Kier molecular flexibility index (Phi) is 6.68. The molecule has 156 valence electrons. The van der Waals surface area contributed by atoms with E-state index in [2.05, 4.69) is 20.3 Å². The molecule has 8 nitrogen and oxygen atoms in total. The highest BCUT2D eigenvalue weighted by molar-refractivity contribution is 5.79. The van der Waals surface area contributed by atoms with E-state index in [9.17, 15) is 18.4 Å². The molecule has 0 aliphatic carbocycles. The summed E-state index contributed by atoms with van der Waals surface area (Å²) in [6.07, 6.45) is 0.974. The number of benzene rings is 2. The van der Waals surface area contributed by atoms with Crippen molar-refractivity contribution in [2.24, 2.45) is 0 Å². The van der Waals surface area contributed by atoms with Gasteiger partial charge < -0.3 is 15.2 Å². The van der Waals surface area contributed by atoms with E-state index in [0.29, 0.717) is 11.3 Å².